The molecule has 4 rings (SSSR count). The predicted octanol–water partition coefficient (Wildman–Crippen LogP) is 3.85. The molecule has 3 heterocycles. The number of carbonyl (C=O) groups excluding carboxylic acids is 1. The molecule has 0 saturated heterocycles. The van der Waals surface area contributed by atoms with Crippen molar-refractivity contribution in [1.29, 1.82) is 0 Å². The van der Waals surface area contributed by atoms with Gasteiger partial charge in [0.15, 0.2) is 5.82 Å². The van der Waals surface area contributed by atoms with Crippen molar-refractivity contribution < 1.29 is 9.32 Å². The zero-order valence-electron chi connectivity index (χ0n) is 18.0. The third-order valence-electron chi connectivity index (χ3n) is 4.74. The number of aromatic nitrogens is 5. The van der Waals surface area contributed by atoms with Crippen molar-refractivity contribution in [3.8, 4) is 17.3 Å². The van der Waals surface area contributed by atoms with E-state index in [1.165, 1.54) is 5.56 Å². The zero-order chi connectivity index (χ0) is 22.0. The van der Waals surface area contributed by atoms with Crippen LogP contribution in [0, 0.1) is 6.92 Å². The van der Waals surface area contributed by atoms with Crippen LogP contribution >= 0.6 is 0 Å². The molecule has 0 atom stereocenters. The van der Waals surface area contributed by atoms with Crippen LogP contribution in [0.5, 0.6) is 0 Å². The summed E-state index contributed by atoms with van der Waals surface area (Å²) in [6, 6.07) is 11.6. The van der Waals surface area contributed by atoms with Crippen LogP contribution in [0.2, 0.25) is 0 Å². The van der Waals surface area contributed by atoms with Gasteiger partial charge in [-0.15, -0.1) is 0 Å². The monoisotopic (exact) mass is 416 g/mol. The Bertz CT molecular complexity index is 1200. The van der Waals surface area contributed by atoms with Gasteiger partial charge < -0.3 is 9.84 Å². The second-order valence-electron chi connectivity index (χ2n) is 8.41. The molecular weight excluding hydrogens is 392 g/mol. The Morgan fingerprint density at radius 3 is 2.61 bits per heavy atom. The summed E-state index contributed by atoms with van der Waals surface area (Å²) >= 11 is 0. The van der Waals surface area contributed by atoms with Gasteiger partial charge in [0, 0.05) is 29.9 Å². The fraction of sp³-hybridized carbons (Fsp3) is 0.261. The van der Waals surface area contributed by atoms with Crippen molar-refractivity contribution in [3.63, 3.8) is 0 Å². The Hall–Kier alpha value is -3.81. The molecule has 0 aliphatic carbocycles. The van der Waals surface area contributed by atoms with E-state index in [9.17, 15) is 4.79 Å². The molecular formula is C23H24N6O2. The minimum Gasteiger partial charge on any atom is -0.347 e. The molecule has 8 heteroatoms. The number of nitrogens with one attached hydrogen (secondary N) is 1. The van der Waals surface area contributed by atoms with Crippen LogP contribution in [0.4, 0.5) is 0 Å². The van der Waals surface area contributed by atoms with Crippen LogP contribution in [-0.2, 0) is 12.0 Å². The van der Waals surface area contributed by atoms with Gasteiger partial charge in [-0.25, -0.2) is 9.97 Å². The van der Waals surface area contributed by atoms with Gasteiger partial charge >= 0.3 is 0 Å². The van der Waals surface area contributed by atoms with E-state index in [-0.39, 0.29) is 11.3 Å². The number of carbonyl (C=O) groups is 1. The van der Waals surface area contributed by atoms with E-state index in [1.54, 1.807) is 29.4 Å². The van der Waals surface area contributed by atoms with Crippen molar-refractivity contribution in [2.24, 2.45) is 0 Å². The lowest BCUT2D eigenvalue weighted by molar-refractivity contribution is 0.0946. The molecule has 0 fully saturated rings. The molecule has 0 aliphatic heterocycles. The predicted molar refractivity (Wildman–Crippen MR) is 116 cm³/mol. The van der Waals surface area contributed by atoms with Gasteiger partial charge in [-0.3, -0.25) is 9.36 Å². The first-order valence-corrected chi connectivity index (χ1v) is 9.98. The summed E-state index contributed by atoms with van der Waals surface area (Å²) < 4.78 is 7.10. The number of nitrogens with zero attached hydrogens (tertiary/aromatic N) is 5. The maximum atomic E-state index is 12.5. The molecule has 1 amide bonds. The third-order valence-corrected chi connectivity index (χ3v) is 4.74. The van der Waals surface area contributed by atoms with Crippen LogP contribution < -0.4 is 5.32 Å². The first-order chi connectivity index (χ1) is 14.8. The van der Waals surface area contributed by atoms with Gasteiger partial charge in [0.25, 0.3) is 11.8 Å². The van der Waals surface area contributed by atoms with Crippen molar-refractivity contribution in [1.82, 2.24) is 30.0 Å². The van der Waals surface area contributed by atoms with Crippen LogP contribution in [0.25, 0.3) is 17.3 Å². The molecule has 0 unspecified atom stereocenters. The molecule has 158 valence electrons. The van der Waals surface area contributed by atoms with Crippen LogP contribution in [0.1, 0.15) is 48.2 Å². The number of rotatable bonds is 5. The maximum Gasteiger partial charge on any atom is 0.271 e. The molecule has 0 spiro atoms. The van der Waals surface area contributed by atoms with Crippen LogP contribution in [0.3, 0.4) is 0 Å². The fourth-order valence-electron chi connectivity index (χ4n) is 2.88. The standard InChI is InChI=1S/C23H24N6O2/c1-15-5-7-16(8-6-15)12-25-20(30)18-13-29(14-26-18)19-11-17(9-10-24-19)21-27-22(28-31-21)23(2,3)4/h5-11,13-14H,12H2,1-4H3,(H,25,30). The number of aryl methyl sites for hydroxylation is 1. The van der Waals surface area contributed by atoms with E-state index >= 15 is 0 Å². The molecule has 4 aromatic rings. The lowest BCUT2D eigenvalue weighted by Gasteiger charge is -2.10. The Morgan fingerprint density at radius 2 is 1.90 bits per heavy atom. The number of benzene rings is 1. The van der Waals surface area contributed by atoms with Crippen molar-refractivity contribution in [2.45, 2.75) is 39.7 Å². The van der Waals surface area contributed by atoms with Gasteiger partial charge in [0.1, 0.15) is 17.8 Å². The summed E-state index contributed by atoms with van der Waals surface area (Å²) in [6.45, 7) is 8.54. The summed E-state index contributed by atoms with van der Waals surface area (Å²) in [5.41, 5.74) is 3.06. The average molecular weight is 416 g/mol. The number of imidazole rings is 1. The summed E-state index contributed by atoms with van der Waals surface area (Å²) in [7, 11) is 0. The largest absolute Gasteiger partial charge is 0.347 e. The minimum absolute atomic E-state index is 0.206. The number of amides is 1. The first-order valence-electron chi connectivity index (χ1n) is 9.98. The average Bonchev–Trinajstić information content (AvgIpc) is 3.43. The van der Waals surface area contributed by atoms with Crippen molar-refractivity contribution in [2.75, 3.05) is 0 Å². The molecule has 31 heavy (non-hydrogen) atoms. The third kappa shape index (κ3) is 4.69. The maximum absolute atomic E-state index is 12.5. The second-order valence-corrected chi connectivity index (χ2v) is 8.41. The Balaban J connectivity index is 1.48. The fourth-order valence-corrected chi connectivity index (χ4v) is 2.88. The van der Waals surface area contributed by atoms with Crippen LogP contribution in [-0.4, -0.2) is 30.6 Å². The van der Waals surface area contributed by atoms with Gasteiger partial charge in [0.05, 0.1) is 0 Å². The Morgan fingerprint density at radius 1 is 1.13 bits per heavy atom. The summed E-state index contributed by atoms with van der Waals surface area (Å²) in [5, 5.41) is 6.95. The van der Waals surface area contributed by atoms with E-state index in [1.807, 2.05) is 58.0 Å². The molecule has 0 radical (unpaired) electrons. The number of hydrogen-bond acceptors (Lipinski definition) is 6. The lowest BCUT2D eigenvalue weighted by Crippen LogP contribution is -2.23. The molecule has 1 aromatic carbocycles. The Kier molecular flexibility index (Phi) is 5.37. The van der Waals surface area contributed by atoms with E-state index < -0.39 is 0 Å². The highest BCUT2D eigenvalue weighted by molar-refractivity contribution is 5.92. The molecule has 0 bridgehead atoms. The second kappa shape index (κ2) is 8.14. The number of hydrogen-bond donors (Lipinski definition) is 1. The molecule has 1 N–H and O–H groups in total. The topological polar surface area (TPSA) is 98.7 Å². The summed E-state index contributed by atoms with van der Waals surface area (Å²) in [5.74, 6) is 1.40. The minimum atomic E-state index is -0.248. The van der Waals surface area contributed by atoms with Crippen molar-refractivity contribution in [3.05, 3.63) is 77.8 Å². The van der Waals surface area contributed by atoms with E-state index in [2.05, 4.69) is 25.4 Å². The molecule has 0 aliphatic rings. The number of pyridine rings is 1. The van der Waals surface area contributed by atoms with Gasteiger partial charge in [-0.2, -0.15) is 4.98 Å². The highest BCUT2D eigenvalue weighted by atomic mass is 16.5. The highest BCUT2D eigenvalue weighted by Crippen LogP contribution is 2.24. The van der Waals surface area contributed by atoms with Crippen molar-refractivity contribution >= 4 is 5.91 Å². The van der Waals surface area contributed by atoms with E-state index in [0.717, 1.165) is 11.1 Å². The van der Waals surface area contributed by atoms with E-state index in [4.69, 9.17) is 4.52 Å². The SMILES string of the molecule is Cc1ccc(CNC(=O)c2cn(-c3cc(-c4nc(C(C)(C)C)no4)ccn3)cn2)cc1. The molecule has 0 saturated carbocycles. The van der Waals surface area contributed by atoms with Gasteiger partial charge in [-0.1, -0.05) is 55.8 Å². The van der Waals surface area contributed by atoms with E-state index in [0.29, 0.717) is 29.8 Å². The van der Waals surface area contributed by atoms with Gasteiger partial charge in [0.2, 0.25) is 0 Å². The highest BCUT2D eigenvalue weighted by Gasteiger charge is 2.21. The zero-order valence-corrected chi connectivity index (χ0v) is 18.0. The first kappa shape index (κ1) is 20.5. The molecule has 3 aromatic heterocycles. The summed E-state index contributed by atoms with van der Waals surface area (Å²) in [6.07, 6.45) is 4.86. The summed E-state index contributed by atoms with van der Waals surface area (Å²) in [4.78, 5) is 25.5. The normalized spacial score (nSPS) is 11.5. The smallest absolute Gasteiger partial charge is 0.271 e. The van der Waals surface area contributed by atoms with Crippen LogP contribution in [0.15, 0.2) is 59.6 Å². The molecule has 8 nitrogen and oxygen atoms in total. The van der Waals surface area contributed by atoms with Gasteiger partial charge in [-0.05, 0) is 24.6 Å². The quantitative estimate of drug-likeness (QED) is 0.530. The lowest BCUT2D eigenvalue weighted by atomic mass is 9.96. The Labute approximate surface area is 180 Å².